The van der Waals surface area contributed by atoms with Gasteiger partial charge in [0.2, 0.25) is 0 Å². The molecule has 1 aliphatic rings. The zero-order valence-electron chi connectivity index (χ0n) is 12.5. The van der Waals surface area contributed by atoms with Crippen molar-refractivity contribution >= 4 is 27.4 Å². The molecule has 0 spiro atoms. The van der Waals surface area contributed by atoms with Gasteiger partial charge in [0, 0.05) is 16.8 Å². The summed E-state index contributed by atoms with van der Waals surface area (Å²) in [6.45, 7) is 0. The predicted octanol–water partition coefficient (Wildman–Crippen LogP) is -1.59. The van der Waals surface area contributed by atoms with E-state index in [0.717, 1.165) is 6.07 Å². The Bertz CT molecular complexity index is 927. The Morgan fingerprint density at radius 1 is 0.909 bits per heavy atom. The fourth-order valence-corrected chi connectivity index (χ4v) is 3.16. The number of hydrogen-bond acceptors (Lipinski definition) is 5. The van der Waals surface area contributed by atoms with Crippen molar-refractivity contribution < 1.29 is 53.5 Å². The Kier molecular flexibility index (Phi) is 4.29. The number of ketones is 2. The molecule has 8 heteroatoms. The largest absolute Gasteiger partial charge is 1.00 e. The molecule has 0 saturated carbocycles. The maximum Gasteiger partial charge on any atom is 1.00 e. The first kappa shape index (κ1) is 16.9. The summed E-state index contributed by atoms with van der Waals surface area (Å²) in [6.07, 6.45) is 0. The second kappa shape index (κ2) is 5.60. The molecular weight excluding hydrogens is 317 g/mol. The molecule has 2 aromatic rings. The van der Waals surface area contributed by atoms with E-state index in [-0.39, 0.29) is 58.9 Å². The van der Waals surface area contributed by atoms with E-state index in [1.807, 2.05) is 0 Å². The third kappa shape index (κ3) is 2.41. The smallest absolute Gasteiger partial charge is 1.00 e. The molecule has 22 heavy (non-hydrogen) atoms. The van der Waals surface area contributed by atoms with E-state index in [2.05, 4.69) is 0 Å². The molecule has 0 saturated heterocycles. The van der Waals surface area contributed by atoms with Gasteiger partial charge in [0.25, 0.3) is 10.1 Å². The standard InChI is InChI=1S/C14H9NO5S.Na.H/c15-9-5-1-3-7-11(9)14(17)12-8(13(7)16)4-2-6-10(12)21(18,19)20;;/h1-6H,15H2,(H,18,19,20);;/q;+1;-1. The average Bonchev–Trinajstić information content (AvgIpc) is 2.43. The molecule has 0 aliphatic heterocycles. The summed E-state index contributed by atoms with van der Waals surface area (Å²) in [5.41, 5.74) is 5.50. The number of fused-ring (bicyclic) bond motifs is 2. The van der Waals surface area contributed by atoms with Gasteiger partial charge < -0.3 is 7.16 Å². The minimum absolute atomic E-state index is 0. The summed E-state index contributed by atoms with van der Waals surface area (Å²) in [5.74, 6) is -1.19. The van der Waals surface area contributed by atoms with Crippen LogP contribution in [0.15, 0.2) is 41.3 Å². The van der Waals surface area contributed by atoms with Crippen LogP contribution >= 0.6 is 0 Å². The average molecular weight is 327 g/mol. The second-order valence-corrected chi connectivity index (χ2v) is 5.97. The number of rotatable bonds is 1. The van der Waals surface area contributed by atoms with Crippen LogP contribution in [0.1, 0.15) is 33.3 Å². The van der Waals surface area contributed by atoms with Gasteiger partial charge in [-0.05, 0) is 12.1 Å². The third-order valence-corrected chi connectivity index (χ3v) is 4.24. The van der Waals surface area contributed by atoms with Crippen LogP contribution in [-0.4, -0.2) is 24.5 Å². The first-order valence-corrected chi connectivity index (χ1v) is 7.35. The molecule has 3 N–H and O–H groups in total. The van der Waals surface area contributed by atoms with E-state index in [4.69, 9.17) is 5.73 Å². The van der Waals surface area contributed by atoms with E-state index < -0.39 is 26.6 Å². The molecule has 2 aromatic carbocycles. The van der Waals surface area contributed by atoms with Crippen LogP contribution in [-0.2, 0) is 10.1 Å². The first-order chi connectivity index (χ1) is 9.82. The normalized spacial score (nSPS) is 13.1. The number of nitrogen functional groups attached to an aromatic ring is 1. The molecular formula is C14H10NNaO5S. The Morgan fingerprint density at radius 3 is 2.05 bits per heavy atom. The molecule has 1 aliphatic carbocycles. The second-order valence-electron chi connectivity index (χ2n) is 4.58. The minimum atomic E-state index is -4.63. The zero-order valence-corrected chi connectivity index (χ0v) is 14.3. The number of anilines is 1. The summed E-state index contributed by atoms with van der Waals surface area (Å²) in [4.78, 5) is 24.3. The van der Waals surface area contributed by atoms with E-state index >= 15 is 0 Å². The Hall–Kier alpha value is -1.51. The van der Waals surface area contributed by atoms with Gasteiger partial charge in [-0.25, -0.2) is 0 Å². The fraction of sp³-hybridized carbons (Fsp3) is 0. The molecule has 0 amide bonds. The summed E-state index contributed by atoms with van der Waals surface area (Å²) in [7, 11) is -4.63. The maximum atomic E-state index is 12.5. The number of benzene rings is 2. The van der Waals surface area contributed by atoms with Gasteiger partial charge in [-0.1, -0.05) is 24.3 Å². The molecule has 0 bridgehead atoms. The van der Waals surface area contributed by atoms with Crippen LogP contribution in [0, 0.1) is 0 Å². The first-order valence-electron chi connectivity index (χ1n) is 5.90. The van der Waals surface area contributed by atoms with Gasteiger partial charge in [0.1, 0.15) is 4.90 Å². The van der Waals surface area contributed by atoms with Crippen molar-refractivity contribution in [2.45, 2.75) is 4.90 Å². The zero-order chi connectivity index (χ0) is 15.4. The molecule has 0 atom stereocenters. The molecule has 3 rings (SSSR count). The Morgan fingerprint density at radius 2 is 1.45 bits per heavy atom. The molecule has 0 aromatic heterocycles. The van der Waals surface area contributed by atoms with Crippen molar-refractivity contribution in [2.75, 3.05) is 5.73 Å². The number of hydrogen-bond donors (Lipinski definition) is 2. The number of carbonyl (C=O) groups excluding carboxylic acids is 2. The third-order valence-electron chi connectivity index (χ3n) is 3.34. The fourth-order valence-electron chi connectivity index (χ4n) is 2.45. The maximum absolute atomic E-state index is 12.5. The SMILES string of the molecule is Nc1cccc2c1C(=O)c1c(cccc1S(=O)(=O)O)C2=O.[H-].[Na+]. The summed E-state index contributed by atoms with van der Waals surface area (Å²) in [6, 6.07) is 8.15. The van der Waals surface area contributed by atoms with Crippen molar-refractivity contribution in [3.8, 4) is 0 Å². The monoisotopic (exact) mass is 327 g/mol. The number of carbonyl (C=O) groups is 2. The van der Waals surface area contributed by atoms with E-state index in [0.29, 0.717) is 0 Å². The van der Waals surface area contributed by atoms with Gasteiger partial charge in [0.15, 0.2) is 11.6 Å². The summed E-state index contributed by atoms with van der Waals surface area (Å²) >= 11 is 0. The van der Waals surface area contributed by atoms with Crippen molar-refractivity contribution in [1.29, 1.82) is 0 Å². The van der Waals surface area contributed by atoms with E-state index in [1.54, 1.807) is 0 Å². The van der Waals surface area contributed by atoms with Crippen LogP contribution in [0.25, 0.3) is 0 Å². The molecule has 0 unspecified atom stereocenters. The van der Waals surface area contributed by atoms with E-state index in [9.17, 15) is 22.6 Å². The van der Waals surface area contributed by atoms with Crippen molar-refractivity contribution in [3.63, 3.8) is 0 Å². The van der Waals surface area contributed by atoms with Gasteiger partial charge in [0.05, 0.1) is 11.1 Å². The molecule has 0 fully saturated rings. The molecule has 0 radical (unpaired) electrons. The quantitative estimate of drug-likeness (QED) is 0.316. The molecule has 6 nitrogen and oxygen atoms in total. The van der Waals surface area contributed by atoms with Gasteiger partial charge in [-0.15, -0.1) is 0 Å². The van der Waals surface area contributed by atoms with Crippen molar-refractivity contribution in [1.82, 2.24) is 0 Å². The van der Waals surface area contributed by atoms with Crippen molar-refractivity contribution in [3.05, 3.63) is 58.7 Å². The number of nitrogens with two attached hydrogens (primary N) is 1. The molecule has 0 heterocycles. The summed E-state index contributed by atoms with van der Waals surface area (Å²) in [5, 5.41) is 0. The Labute approximate surface area is 149 Å². The van der Waals surface area contributed by atoms with Crippen LogP contribution in [0.5, 0.6) is 0 Å². The predicted molar refractivity (Wildman–Crippen MR) is 75.1 cm³/mol. The Balaban J connectivity index is 0.00000132. The van der Waals surface area contributed by atoms with Gasteiger partial charge in [-0.3, -0.25) is 14.1 Å². The van der Waals surface area contributed by atoms with Crippen LogP contribution < -0.4 is 35.3 Å². The van der Waals surface area contributed by atoms with Crippen LogP contribution in [0.4, 0.5) is 5.69 Å². The minimum Gasteiger partial charge on any atom is -1.00 e. The van der Waals surface area contributed by atoms with E-state index in [1.165, 1.54) is 30.3 Å². The van der Waals surface area contributed by atoms with Gasteiger partial charge >= 0.3 is 29.6 Å². The van der Waals surface area contributed by atoms with Crippen LogP contribution in [0.3, 0.4) is 0 Å². The van der Waals surface area contributed by atoms with Crippen LogP contribution in [0.2, 0.25) is 0 Å². The van der Waals surface area contributed by atoms with Crippen molar-refractivity contribution in [2.24, 2.45) is 0 Å². The molecule has 108 valence electrons. The summed E-state index contributed by atoms with van der Waals surface area (Å²) < 4.78 is 32.1. The van der Waals surface area contributed by atoms with Gasteiger partial charge in [-0.2, -0.15) is 8.42 Å². The topological polar surface area (TPSA) is 115 Å².